The van der Waals surface area contributed by atoms with Crippen LogP contribution in [0.1, 0.15) is 0 Å². The molecule has 3 heteroatoms. The highest BCUT2D eigenvalue weighted by Crippen LogP contribution is 2.31. The minimum Gasteiger partial charge on any atom is -0.457 e. The first-order valence-corrected chi connectivity index (χ1v) is 7.36. The highest BCUT2D eigenvalue weighted by atomic mass is 79.9. The van der Waals surface area contributed by atoms with Crippen molar-refractivity contribution in [3.8, 4) is 23.0 Å². The molecule has 0 saturated heterocycles. The summed E-state index contributed by atoms with van der Waals surface area (Å²) < 4.78 is 12.6. The Labute approximate surface area is 132 Å². The Kier molecular flexibility index (Phi) is 4.22. The van der Waals surface area contributed by atoms with Crippen molar-refractivity contribution in [2.45, 2.75) is 0 Å². The molecule has 0 aliphatic carbocycles. The molecule has 0 aliphatic rings. The van der Waals surface area contributed by atoms with Crippen molar-refractivity contribution in [1.82, 2.24) is 0 Å². The first kappa shape index (κ1) is 13.7. The average molecular weight is 341 g/mol. The lowest BCUT2D eigenvalue weighted by Gasteiger charge is -2.10. The van der Waals surface area contributed by atoms with Crippen molar-refractivity contribution < 1.29 is 9.47 Å². The zero-order chi connectivity index (χ0) is 14.5. The fourth-order valence-corrected chi connectivity index (χ4v) is 2.25. The Bertz CT molecular complexity index is 726. The molecule has 0 aliphatic heterocycles. The van der Waals surface area contributed by atoms with Crippen LogP contribution in [0.3, 0.4) is 0 Å². The second-order valence-electron chi connectivity index (χ2n) is 4.42. The maximum atomic E-state index is 5.86. The van der Waals surface area contributed by atoms with Crippen LogP contribution in [0.15, 0.2) is 83.3 Å². The third kappa shape index (κ3) is 3.64. The topological polar surface area (TPSA) is 18.5 Å². The maximum Gasteiger partial charge on any atom is 0.141 e. The lowest BCUT2D eigenvalue weighted by Crippen LogP contribution is -1.87. The predicted octanol–water partition coefficient (Wildman–Crippen LogP) is 6.03. The van der Waals surface area contributed by atoms with Crippen LogP contribution < -0.4 is 9.47 Å². The molecular formula is C18H13BrO2. The molecule has 0 bridgehead atoms. The fraction of sp³-hybridized carbons (Fsp3) is 0. The molecule has 2 nitrogen and oxygen atoms in total. The molecule has 0 fully saturated rings. The fourth-order valence-electron chi connectivity index (χ4n) is 1.88. The minimum atomic E-state index is 0.732. The Morgan fingerprint density at radius 2 is 1.19 bits per heavy atom. The van der Waals surface area contributed by atoms with Gasteiger partial charge in [-0.05, 0) is 52.3 Å². The van der Waals surface area contributed by atoms with Crippen LogP contribution in [0.4, 0.5) is 0 Å². The Hall–Kier alpha value is -2.26. The monoisotopic (exact) mass is 340 g/mol. The number of hydrogen-bond acceptors (Lipinski definition) is 2. The van der Waals surface area contributed by atoms with Crippen LogP contribution in [0.25, 0.3) is 0 Å². The molecule has 0 atom stereocenters. The molecule has 3 aromatic rings. The molecule has 0 saturated carbocycles. The van der Waals surface area contributed by atoms with Gasteiger partial charge in [0.2, 0.25) is 0 Å². The smallest absolute Gasteiger partial charge is 0.141 e. The second-order valence-corrected chi connectivity index (χ2v) is 5.28. The van der Waals surface area contributed by atoms with Gasteiger partial charge in [0.25, 0.3) is 0 Å². The van der Waals surface area contributed by atoms with Crippen LogP contribution in [0.2, 0.25) is 0 Å². The Morgan fingerprint density at radius 3 is 1.95 bits per heavy atom. The first-order chi connectivity index (χ1) is 10.3. The summed E-state index contributed by atoms with van der Waals surface area (Å²) in [6.45, 7) is 0. The average Bonchev–Trinajstić information content (AvgIpc) is 2.51. The number of hydrogen-bond donors (Lipinski definition) is 0. The van der Waals surface area contributed by atoms with Gasteiger partial charge < -0.3 is 9.47 Å². The van der Waals surface area contributed by atoms with Gasteiger partial charge >= 0.3 is 0 Å². The van der Waals surface area contributed by atoms with Crippen LogP contribution in [-0.4, -0.2) is 0 Å². The first-order valence-electron chi connectivity index (χ1n) is 6.56. The van der Waals surface area contributed by atoms with E-state index in [2.05, 4.69) is 15.9 Å². The SMILES string of the molecule is Brc1ccccc1Oc1cccc(Oc2ccccc2)c1. The predicted molar refractivity (Wildman–Crippen MR) is 87.2 cm³/mol. The van der Waals surface area contributed by atoms with Crippen molar-refractivity contribution in [2.24, 2.45) is 0 Å². The summed E-state index contributed by atoms with van der Waals surface area (Å²) in [6.07, 6.45) is 0. The summed E-state index contributed by atoms with van der Waals surface area (Å²) in [5.74, 6) is 3.05. The maximum absolute atomic E-state index is 5.86. The second kappa shape index (κ2) is 6.46. The molecule has 3 aromatic carbocycles. The van der Waals surface area contributed by atoms with E-state index >= 15 is 0 Å². The highest BCUT2D eigenvalue weighted by molar-refractivity contribution is 9.10. The standard InChI is InChI=1S/C18H13BrO2/c19-17-11-4-5-12-18(17)21-16-10-6-9-15(13-16)20-14-7-2-1-3-8-14/h1-13H. The lowest BCUT2D eigenvalue weighted by atomic mass is 10.3. The third-order valence-electron chi connectivity index (χ3n) is 2.85. The zero-order valence-electron chi connectivity index (χ0n) is 11.2. The molecule has 0 amide bonds. The Balaban J connectivity index is 1.79. The van der Waals surface area contributed by atoms with Crippen LogP contribution >= 0.6 is 15.9 Å². The van der Waals surface area contributed by atoms with Gasteiger partial charge in [0.15, 0.2) is 0 Å². The van der Waals surface area contributed by atoms with E-state index in [1.807, 2.05) is 78.9 Å². The number of halogens is 1. The number of ether oxygens (including phenoxy) is 2. The van der Waals surface area contributed by atoms with E-state index < -0.39 is 0 Å². The van der Waals surface area contributed by atoms with Crippen molar-refractivity contribution in [3.05, 3.63) is 83.3 Å². The van der Waals surface area contributed by atoms with Gasteiger partial charge in [0.05, 0.1) is 4.47 Å². The highest BCUT2D eigenvalue weighted by Gasteiger charge is 2.03. The molecule has 104 valence electrons. The summed E-state index contributed by atoms with van der Waals surface area (Å²) in [7, 11) is 0. The van der Waals surface area contributed by atoms with E-state index in [4.69, 9.17) is 9.47 Å². The van der Waals surface area contributed by atoms with Crippen molar-refractivity contribution >= 4 is 15.9 Å². The molecule has 3 rings (SSSR count). The zero-order valence-corrected chi connectivity index (χ0v) is 12.8. The molecule has 21 heavy (non-hydrogen) atoms. The van der Waals surface area contributed by atoms with Gasteiger partial charge in [-0.1, -0.05) is 36.4 Å². The quantitative estimate of drug-likeness (QED) is 0.576. The van der Waals surface area contributed by atoms with E-state index in [1.54, 1.807) is 0 Å². The summed E-state index contributed by atoms with van der Waals surface area (Å²) in [5, 5.41) is 0. The summed E-state index contributed by atoms with van der Waals surface area (Å²) in [6, 6.07) is 25.0. The van der Waals surface area contributed by atoms with Gasteiger partial charge in [-0.3, -0.25) is 0 Å². The van der Waals surface area contributed by atoms with E-state index in [9.17, 15) is 0 Å². The van der Waals surface area contributed by atoms with Crippen molar-refractivity contribution in [2.75, 3.05) is 0 Å². The van der Waals surface area contributed by atoms with Crippen LogP contribution in [0, 0.1) is 0 Å². The molecule has 0 heterocycles. The third-order valence-corrected chi connectivity index (χ3v) is 3.50. The number of rotatable bonds is 4. The van der Waals surface area contributed by atoms with E-state index in [0.717, 1.165) is 27.5 Å². The molecule has 0 unspecified atom stereocenters. The minimum absolute atomic E-state index is 0.732. The molecule has 0 radical (unpaired) electrons. The molecule has 0 N–H and O–H groups in total. The van der Waals surface area contributed by atoms with Crippen LogP contribution in [-0.2, 0) is 0 Å². The largest absolute Gasteiger partial charge is 0.457 e. The van der Waals surface area contributed by atoms with Gasteiger partial charge in [-0.25, -0.2) is 0 Å². The summed E-state index contributed by atoms with van der Waals surface area (Å²) in [4.78, 5) is 0. The van der Waals surface area contributed by atoms with E-state index in [0.29, 0.717) is 0 Å². The molecular weight excluding hydrogens is 328 g/mol. The van der Waals surface area contributed by atoms with Gasteiger partial charge in [0, 0.05) is 6.07 Å². The van der Waals surface area contributed by atoms with Gasteiger partial charge in [-0.2, -0.15) is 0 Å². The van der Waals surface area contributed by atoms with Gasteiger partial charge in [-0.15, -0.1) is 0 Å². The van der Waals surface area contributed by atoms with Crippen LogP contribution in [0.5, 0.6) is 23.0 Å². The van der Waals surface area contributed by atoms with Gasteiger partial charge in [0.1, 0.15) is 23.0 Å². The van der Waals surface area contributed by atoms with Crippen molar-refractivity contribution in [3.63, 3.8) is 0 Å². The molecule has 0 spiro atoms. The summed E-state index contributed by atoms with van der Waals surface area (Å²) in [5.41, 5.74) is 0. The normalized spacial score (nSPS) is 10.1. The summed E-state index contributed by atoms with van der Waals surface area (Å²) >= 11 is 3.47. The number of benzene rings is 3. The van der Waals surface area contributed by atoms with Crippen molar-refractivity contribution in [1.29, 1.82) is 0 Å². The Morgan fingerprint density at radius 1 is 0.571 bits per heavy atom. The lowest BCUT2D eigenvalue weighted by molar-refractivity contribution is 0.459. The molecule has 0 aromatic heterocycles. The van der Waals surface area contributed by atoms with E-state index in [1.165, 1.54) is 0 Å². The van der Waals surface area contributed by atoms with E-state index in [-0.39, 0.29) is 0 Å². The number of para-hydroxylation sites is 2.